The molecule has 1 fully saturated rings. The van der Waals surface area contributed by atoms with Crippen molar-refractivity contribution in [2.45, 2.75) is 38.9 Å². The van der Waals surface area contributed by atoms with Crippen LogP contribution in [0.1, 0.15) is 40.1 Å². The van der Waals surface area contributed by atoms with Crippen molar-refractivity contribution >= 4 is 5.91 Å². The van der Waals surface area contributed by atoms with E-state index in [9.17, 15) is 4.79 Å². The number of hydrogen-bond acceptors (Lipinski definition) is 4. The van der Waals surface area contributed by atoms with Gasteiger partial charge >= 0.3 is 0 Å². The van der Waals surface area contributed by atoms with Gasteiger partial charge < -0.3 is 15.5 Å². The second kappa shape index (κ2) is 7.64. The summed E-state index contributed by atoms with van der Waals surface area (Å²) in [5, 5.41) is 3.10. The van der Waals surface area contributed by atoms with Crippen molar-refractivity contribution in [3.05, 3.63) is 59.0 Å². The van der Waals surface area contributed by atoms with Gasteiger partial charge in [-0.05, 0) is 37.0 Å². The molecule has 1 aromatic carbocycles. The first-order chi connectivity index (χ1) is 11.7. The molecule has 0 spiro atoms. The third-order valence-electron chi connectivity index (χ3n) is 4.70. The molecule has 0 radical (unpaired) electrons. The molecule has 0 aliphatic carbocycles. The highest BCUT2D eigenvalue weighted by molar-refractivity contribution is 5.94. The van der Waals surface area contributed by atoms with E-state index in [1.807, 2.05) is 0 Å². The number of nitrogens with zero attached hydrogens (tertiary/aromatic N) is 1. The average molecular weight is 327 g/mol. The molecule has 1 amide bonds. The van der Waals surface area contributed by atoms with Crippen LogP contribution in [0.5, 0.6) is 0 Å². The van der Waals surface area contributed by atoms with Crippen LogP contribution >= 0.6 is 0 Å². The predicted molar refractivity (Wildman–Crippen MR) is 93.5 cm³/mol. The van der Waals surface area contributed by atoms with Crippen LogP contribution < -0.4 is 11.1 Å². The zero-order valence-corrected chi connectivity index (χ0v) is 14.1. The van der Waals surface area contributed by atoms with Gasteiger partial charge in [0.15, 0.2) is 0 Å². The van der Waals surface area contributed by atoms with Crippen LogP contribution in [0.15, 0.2) is 41.0 Å². The Labute approximate surface area is 142 Å². The normalized spacial score (nSPS) is 16.2. The standard InChI is InChI=1S/C19H25N3O2/c1-14-4-2-3-5-15(14)12-22-8-6-17(7-9-22)21-19(23)16-10-18(11-20)24-13-16/h2-5,10,13,17H,6-9,11-12,20H2,1H3,(H,21,23). The summed E-state index contributed by atoms with van der Waals surface area (Å²) in [7, 11) is 0. The van der Waals surface area contributed by atoms with Crippen LogP contribution in [0, 0.1) is 6.92 Å². The van der Waals surface area contributed by atoms with E-state index in [1.54, 1.807) is 6.07 Å². The molecule has 1 aliphatic heterocycles. The van der Waals surface area contributed by atoms with Gasteiger partial charge in [-0.25, -0.2) is 0 Å². The van der Waals surface area contributed by atoms with Gasteiger partial charge in [-0.2, -0.15) is 0 Å². The Morgan fingerprint density at radius 3 is 2.75 bits per heavy atom. The molecule has 0 unspecified atom stereocenters. The Balaban J connectivity index is 1.48. The number of hydrogen-bond donors (Lipinski definition) is 2. The summed E-state index contributed by atoms with van der Waals surface area (Å²) < 4.78 is 5.22. The lowest BCUT2D eigenvalue weighted by atomic mass is 10.0. The zero-order valence-electron chi connectivity index (χ0n) is 14.1. The van der Waals surface area contributed by atoms with Gasteiger partial charge in [-0.15, -0.1) is 0 Å². The van der Waals surface area contributed by atoms with Crippen molar-refractivity contribution in [2.24, 2.45) is 5.73 Å². The SMILES string of the molecule is Cc1ccccc1CN1CCC(NC(=O)c2coc(CN)c2)CC1. The quantitative estimate of drug-likeness (QED) is 0.885. The van der Waals surface area contributed by atoms with Gasteiger partial charge in [-0.3, -0.25) is 9.69 Å². The first kappa shape index (κ1) is 16.7. The molecule has 2 heterocycles. The number of benzene rings is 1. The highest BCUT2D eigenvalue weighted by atomic mass is 16.3. The Morgan fingerprint density at radius 1 is 1.33 bits per heavy atom. The monoisotopic (exact) mass is 327 g/mol. The molecule has 5 nitrogen and oxygen atoms in total. The molecule has 5 heteroatoms. The summed E-state index contributed by atoms with van der Waals surface area (Å²) >= 11 is 0. The lowest BCUT2D eigenvalue weighted by Crippen LogP contribution is -2.44. The molecule has 0 atom stereocenters. The molecule has 3 rings (SSSR count). The molecule has 24 heavy (non-hydrogen) atoms. The number of carbonyl (C=O) groups excluding carboxylic acids is 1. The molecule has 1 saturated heterocycles. The zero-order chi connectivity index (χ0) is 16.9. The summed E-state index contributed by atoms with van der Waals surface area (Å²) in [5.41, 5.74) is 8.78. The molecular weight excluding hydrogens is 302 g/mol. The summed E-state index contributed by atoms with van der Waals surface area (Å²) in [4.78, 5) is 14.7. The van der Waals surface area contributed by atoms with Crippen LogP contribution in [-0.4, -0.2) is 29.9 Å². The van der Waals surface area contributed by atoms with Gasteiger partial charge in [0.05, 0.1) is 12.1 Å². The number of nitrogens with two attached hydrogens (primary N) is 1. The van der Waals surface area contributed by atoms with Gasteiger partial charge in [0, 0.05) is 25.7 Å². The van der Waals surface area contributed by atoms with Crippen LogP contribution in [0.3, 0.4) is 0 Å². The van der Waals surface area contributed by atoms with Gasteiger partial charge in [-0.1, -0.05) is 24.3 Å². The highest BCUT2D eigenvalue weighted by Crippen LogP contribution is 2.17. The molecule has 128 valence electrons. The van der Waals surface area contributed by atoms with Crippen molar-refractivity contribution in [1.29, 1.82) is 0 Å². The minimum absolute atomic E-state index is 0.0733. The van der Waals surface area contributed by atoms with Gasteiger partial charge in [0.1, 0.15) is 12.0 Å². The van der Waals surface area contributed by atoms with E-state index in [0.717, 1.165) is 32.5 Å². The predicted octanol–water partition coefficient (Wildman–Crippen LogP) is 2.44. The van der Waals surface area contributed by atoms with Gasteiger partial charge in [0.25, 0.3) is 5.91 Å². The first-order valence-corrected chi connectivity index (χ1v) is 8.51. The van der Waals surface area contributed by atoms with Crippen molar-refractivity contribution < 1.29 is 9.21 Å². The Morgan fingerprint density at radius 2 is 2.08 bits per heavy atom. The number of piperidine rings is 1. The Hall–Kier alpha value is -2.11. The molecule has 0 saturated carbocycles. The minimum Gasteiger partial charge on any atom is -0.467 e. The Bertz CT molecular complexity index is 687. The lowest BCUT2D eigenvalue weighted by Gasteiger charge is -2.32. The molecule has 1 aliphatic rings. The van der Waals surface area contributed by atoms with E-state index < -0.39 is 0 Å². The summed E-state index contributed by atoms with van der Waals surface area (Å²) in [6.07, 6.45) is 3.42. The molecular formula is C19H25N3O2. The molecule has 2 aromatic rings. The van der Waals surface area contributed by atoms with E-state index in [2.05, 4.69) is 41.4 Å². The van der Waals surface area contributed by atoms with Gasteiger partial charge in [0.2, 0.25) is 0 Å². The van der Waals surface area contributed by atoms with Crippen molar-refractivity contribution in [3.63, 3.8) is 0 Å². The third-order valence-corrected chi connectivity index (χ3v) is 4.70. The summed E-state index contributed by atoms with van der Waals surface area (Å²) in [6.45, 7) is 5.44. The van der Waals surface area contributed by atoms with Crippen molar-refractivity contribution in [1.82, 2.24) is 10.2 Å². The topological polar surface area (TPSA) is 71.5 Å². The number of amides is 1. The first-order valence-electron chi connectivity index (χ1n) is 8.51. The second-order valence-electron chi connectivity index (χ2n) is 6.46. The van der Waals surface area contributed by atoms with Crippen molar-refractivity contribution in [2.75, 3.05) is 13.1 Å². The fourth-order valence-electron chi connectivity index (χ4n) is 3.14. The van der Waals surface area contributed by atoms with Crippen LogP contribution in [0.2, 0.25) is 0 Å². The summed E-state index contributed by atoms with van der Waals surface area (Å²) in [6, 6.07) is 10.5. The number of rotatable bonds is 5. The highest BCUT2D eigenvalue weighted by Gasteiger charge is 2.22. The number of aryl methyl sites for hydroxylation is 1. The van der Waals surface area contributed by atoms with Crippen LogP contribution in [-0.2, 0) is 13.1 Å². The van der Waals surface area contributed by atoms with Crippen LogP contribution in [0.25, 0.3) is 0 Å². The minimum atomic E-state index is -0.0733. The van der Waals surface area contributed by atoms with E-state index in [1.165, 1.54) is 17.4 Å². The van der Waals surface area contributed by atoms with E-state index in [4.69, 9.17) is 10.2 Å². The van der Waals surface area contributed by atoms with Crippen molar-refractivity contribution in [3.8, 4) is 0 Å². The third kappa shape index (κ3) is 4.04. The van der Waals surface area contributed by atoms with E-state index in [0.29, 0.717) is 17.9 Å². The largest absolute Gasteiger partial charge is 0.467 e. The Kier molecular flexibility index (Phi) is 5.33. The smallest absolute Gasteiger partial charge is 0.254 e. The number of carbonyl (C=O) groups is 1. The lowest BCUT2D eigenvalue weighted by molar-refractivity contribution is 0.0908. The second-order valence-corrected chi connectivity index (χ2v) is 6.46. The maximum atomic E-state index is 12.2. The van der Waals surface area contributed by atoms with Crippen LogP contribution in [0.4, 0.5) is 0 Å². The fraction of sp³-hybridized carbons (Fsp3) is 0.421. The molecule has 3 N–H and O–H groups in total. The average Bonchev–Trinajstić information content (AvgIpc) is 3.08. The summed E-state index contributed by atoms with van der Waals surface area (Å²) in [5.74, 6) is 0.559. The number of nitrogens with one attached hydrogen (secondary N) is 1. The molecule has 1 aromatic heterocycles. The maximum absolute atomic E-state index is 12.2. The fourth-order valence-corrected chi connectivity index (χ4v) is 3.14. The number of likely N-dealkylation sites (tertiary alicyclic amines) is 1. The van der Waals surface area contributed by atoms with E-state index >= 15 is 0 Å². The number of furan rings is 1. The molecule has 0 bridgehead atoms. The van der Waals surface area contributed by atoms with E-state index in [-0.39, 0.29) is 11.9 Å². The maximum Gasteiger partial charge on any atom is 0.254 e.